The predicted octanol–water partition coefficient (Wildman–Crippen LogP) is 3.00. The maximum absolute atomic E-state index is 12.4. The number of hydrogen-bond acceptors (Lipinski definition) is 4. The summed E-state index contributed by atoms with van der Waals surface area (Å²) in [5.74, 6) is 0. The van der Waals surface area contributed by atoms with Gasteiger partial charge in [-0.15, -0.1) is 11.3 Å². The van der Waals surface area contributed by atoms with Gasteiger partial charge in [-0.1, -0.05) is 34.6 Å². The van der Waals surface area contributed by atoms with E-state index < -0.39 is 10.0 Å². The van der Waals surface area contributed by atoms with Crippen LogP contribution < -0.4 is 10.0 Å². The highest BCUT2D eigenvalue weighted by Gasteiger charge is 2.26. The standard InChI is InChI=1S/C15H28N2O2S2/c1-11(2)16-10-9-13-7-8-14(20-13)21(18,19)17-12(3)15(4,5)6/h7-8,11-12,16-17H,9-10H2,1-6H3. The van der Waals surface area contributed by atoms with Gasteiger partial charge in [0.25, 0.3) is 0 Å². The maximum atomic E-state index is 12.4. The zero-order valence-electron chi connectivity index (χ0n) is 13.9. The van der Waals surface area contributed by atoms with E-state index in [1.54, 1.807) is 6.07 Å². The minimum absolute atomic E-state index is 0.103. The van der Waals surface area contributed by atoms with E-state index in [4.69, 9.17) is 0 Å². The first-order valence-corrected chi connectivity index (χ1v) is 9.67. The Morgan fingerprint density at radius 1 is 1.19 bits per heavy atom. The van der Waals surface area contributed by atoms with Crippen molar-refractivity contribution in [2.45, 2.75) is 64.3 Å². The molecule has 0 spiro atoms. The zero-order valence-corrected chi connectivity index (χ0v) is 15.5. The van der Waals surface area contributed by atoms with Crippen LogP contribution in [0.25, 0.3) is 0 Å². The summed E-state index contributed by atoms with van der Waals surface area (Å²) >= 11 is 1.35. The number of hydrogen-bond donors (Lipinski definition) is 2. The van der Waals surface area contributed by atoms with Crippen LogP contribution in [0.1, 0.15) is 46.4 Å². The van der Waals surface area contributed by atoms with Crippen LogP contribution in [0.4, 0.5) is 0 Å². The summed E-state index contributed by atoms with van der Waals surface area (Å²) in [5.41, 5.74) is -0.103. The lowest BCUT2D eigenvalue weighted by atomic mass is 9.89. The fourth-order valence-electron chi connectivity index (χ4n) is 1.59. The molecule has 4 nitrogen and oxygen atoms in total. The molecule has 0 bridgehead atoms. The molecule has 122 valence electrons. The SMILES string of the molecule is CC(C)NCCc1ccc(S(=O)(=O)NC(C)C(C)(C)C)s1. The van der Waals surface area contributed by atoms with Crippen molar-refractivity contribution in [2.75, 3.05) is 6.54 Å². The Bertz CT molecular complexity index is 542. The van der Waals surface area contributed by atoms with E-state index in [0.717, 1.165) is 17.8 Å². The molecule has 2 N–H and O–H groups in total. The van der Waals surface area contributed by atoms with Gasteiger partial charge in [-0.3, -0.25) is 0 Å². The molecule has 21 heavy (non-hydrogen) atoms. The van der Waals surface area contributed by atoms with Crippen LogP contribution >= 0.6 is 11.3 Å². The lowest BCUT2D eigenvalue weighted by Crippen LogP contribution is -2.41. The van der Waals surface area contributed by atoms with Gasteiger partial charge in [0, 0.05) is 23.5 Å². The molecule has 1 heterocycles. The van der Waals surface area contributed by atoms with Crippen LogP contribution in [0.15, 0.2) is 16.3 Å². The third kappa shape index (κ3) is 6.06. The normalized spacial score (nSPS) is 14.6. The van der Waals surface area contributed by atoms with Gasteiger partial charge in [-0.25, -0.2) is 13.1 Å². The third-order valence-corrected chi connectivity index (χ3v) is 6.63. The lowest BCUT2D eigenvalue weighted by molar-refractivity contribution is 0.318. The number of sulfonamides is 1. The topological polar surface area (TPSA) is 58.2 Å². The average molecular weight is 333 g/mol. The molecule has 0 radical (unpaired) electrons. The molecule has 0 saturated heterocycles. The summed E-state index contributed by atoms with van der Waals surface area (Å²) < 4.78 is 27.9. The first-order valence-electron chi connectivity index (χ1n) is 7.37. The maximum Gasteiger partial charge on any atom is 0.250 e. The molecule has 1 aromatic rings. The van der Waals surface area contributed by atoms with Crippen LogP contribution in [0.5, 0.6) is 0 Å². The third-order valence-electron chi connectivity index (χ3n) is 3.46. The summed E-state index contributed by atoms with van der Waals surface area (Å²) in [5, 5.41) is 3.34. The molecule has 1 rings (SSSR count). The second kappa shape index (κ2) is 7.22. The quantitative estimate of drug-likeness (QED) is 0.807. The molecule has 0 aromatic carbocycles. The highest BCUT2D eigenvalue weighted by Crippen LogP contribution is 2.25. The van der Waals surface area contributed by atoms with Gasteiger partial charge in [0.15, 0.2) is 0 Å². The second-order valence-corrected chi connectivity index (χ2v) is 9.90. The van der Waals surface area contributed by atoms with Crippen molar-refractivity contribution in [3.8, 4) is 0 Å². The molecular weight excluding hydrogens is 304 g/mol. The van der Waals surface area contributed by atoms with E-state index in [-0.39, 0.29) is 11.5 Å². The molecule has 0 aliphatic rings. The molecule has 0 aliphatic heterocycles. The van der Waals surface area contributed by atoms with Gasteiger partial charge in [0.05, 0.1) is 0 Å². The number of rotatable bonds is 7. The number of thiophene rings is 1. The van der Waals surface area contributed by atoms with Crippen LogP contribution in [0.3, 0.4) is 0 Å². The summed E-state index contributed by atoms with van der Waals surface area (Å²) in [6.45, 7) is 13.0. The van der Waals surface area contributed by atoms with E-state index in [0.29, 0.717) is 10.3 Å². The fraction of sp³-hybridized carbons (Fsp3) is 0.733. The van der Waals surface area contributed by atoms with Crippen molar-refractivity contribution < 1.29 is 8.42 Å². The van der Waals surface area contributed by atoms with Crippen LogP contribution in [0, 0.1) is 5.41 Å². The van der Waals surface area contributed by atoms with Crippen LogP contribution in [-0.2, 0) is 16.4 Å². The highest BCUT2D eigenvalue weighted by atomic mass is 32.2. The first kappa shape index (κ1) is 18.6. The van der Waals surface area contributed by atoms with Crippen LogP contribution in [-0.4, -0.2) is 27.0 Å². The van der Waals surface area contributed by atoms with Crippen molar-refractivity contribution in [1.82, 2.24) is 10.0 Å². The summed E-state index contributed by atoms with van der Waals surface area (Å²) in [6.07, 6.45) is 0.854. The van der Waals surface area contributed by atoms with Crippen molar-refractivity contribution in [3.05, 3.63) is 17.0 Å². The second-order valence-electron chi connectivity index (χ2n) is 6.79. The molecule has 0 amide bonds. The smallest absolute Gasteiger partial charge is 0.250 e. The van der Waals surface area contributed by atoms with E-state index in [2.05, 4.69) is 23.9 Å². The minimum atomic E-state index is -3.42. The Labute approximate surface area is 133 Å². The lowest BCUT2D eigenvalue weighted by Gasteiger charge is -2.27. The molecule has 0 fully saturated rings. The van der Waals surface area contributed by atoms with Gasteiger partial charge in [-0.05, 0) is 30.9 Å². The Morgan fingerprint density at radius 2 is 1.81 bits per heavy atom. The zero-order chi connectivity index (χ0) is 16.3. The van der Waals surface area contributed by atoms with Crippen molar-refractivity contribution in [2.24, 2.45) is 5.41 Å². The fourth-order valence-corrected chi connectivity index (χ4v) is 4.41. The van der Waals surface area contributed by atoms with Crippen molar-refractivity contribution in [1.29, 1.82) is 0 Å². The number of nitrogens with one attached hydrogen (secondary N) is 2. The van der Waals surface area contributed by atoms with Gasteiger partial charge in [-0.2, -0.15) is 0 Å². The molecular formula is C15H28N2O2S2. The molecule has 0 saturated carbocycles. The summed E-state index contributed by atoms with van der Waals surface area (Å²) in [4.78, 5) is 1.09. The largest absolute Gasteiger partial charge is 0.314 e. The highest BCUT2D eigenvalue weighted by molar-refractivity contribution is 7.91. The van der Waals surface area contributed by atoms with E-state index in [1.165, 1.54) is 11.3 Å². The average Bonchev–Trinajstić information content (AvgIpc) is 2.76. The Hall–Kier alpha value is -0.430. The monoisotopic (exact) mass is 332 g/mol. The summed E-state index contributed by atoms with van der Waals surface area (Å²) in [6, 6.07) is 3.94. The van der Waals surface area contributed by atoms with E-state index in [9.17, 15) is 8.42 Å². The van der Waals surface area contributed by atoms with E-state index >= 15 is 0 Å². The Morgan fingerprint density at radius 3 is 2.33 bits per heavy atom. The van der Waals surface area contributed by atoms with Gasteiger partial charge in [0.2, 0.25) is 10.0 Å². The van der Waals surface area contributed by atoms with Gasteiger partial charge in [0.1, 0.15) is 4.21 Å². The molecule has 1 aromatic heterocycles. The molecule has 1 unspecified atom stereocenters. The van der Waals surface area contributed by atoms with Crippen molar-refractivity contribution in [3.63, 3.8) is 0 Å². The van der Waals surface area contributed by atoms with Crippen LogP contribution in [0.2, 0.25) is 0 Å². The van der Waals surface area contributed by atoms with Gasteiger partial charge < -0.3 is 5.32 Å². The molecule has 1 atom stereocenters. The van der Waals surface area contributed by atoms with E-state index in [1.807, 2.05) is 33.8 Å². The van der Waals surface area contributed by atoms with Crippen molar-refractivity contribution >= 4 is 21.4 Å². The Balaban J connectivity index is 2.70. The molecule has 6 heteroatoms. The Kier molecular flexibility index (Phi) is 6.40. The summed E-state index contributed by atoms with van der Waals surface area (Å²) in [7, 11) is -3.42. The predicted molar refractivity (Wildman–Crippen MR) is 90.4 cm³/mol. The van der Waals surface area contributed by atoms with Gasteiger partial charge >= 0.3 is 0 Å². The first-order chi connectivity index (χ1) is 9.52. The minimum Gasteiger partial charge on any atom is -0.314 e. The molecule has 0 aliphatic carbocycles.